The van der Waals surface area contributed by atoms with Crippen molar-refractivity contribution in [1.82, 2.24) is 20.5 Å². The molecule has 0 saturated heterocycles. The topological polar surface area (TPSA) is 102 Å². The summed E-state index contributed by atoms with van der Waals surface area (Å²) in [7, 11) is 3.14. The SMILES string of the molecule is CNC(=O)c1cc(-c2nnc(Nc3nc4c(OC)cccc4s3)o2)ccc1Cl. The fourth-order valence-electron chi connectivity index (χ4n) is 2.59. The second-order valence-electron chi connectivity index (χ2n) is 5.64. The molecular formula is C18H14ClN5O3S. The molecule has 0 aliphatic heterocycles. The van der Waals surface area contributed by atoms with E-state index in [1.807, 2.05) is 18.2 Å². The minimum Gasteiger partial charge on any atom is -0.494 e. The molecule has 0 radical (unpaired) electrons. The summed E-state index contributed by atoms with van der Waals surface area (Å²) in [6, 6.07) is 10.8. The first kappa shape index (κ1) is 18.2. The van der Waals surface area contributed by atoms with Crippen LogP contribution in [0.15, 0.2) is 40.8 Å². The van der Waals surface area contributed by atoms with Crippen molar-refractivity contribution in [2.75, 3.05) is 19.5 Å². The van der Waals surface area contributed by atoms with Crippen LogP contribution >= 0.6 is 22.9 Å². The molecule has 8 nitrogen and oxygen atoms in total. The van der Waals surface area contributed by atoms with Crippen molar-refractivity contribution in [3.8, 4) is 17.2 Å². The number of para-hydroxylation sites is 1. The van der Waals surface area contributed by atoms with E-state index in [4.69, 9.17) is 20.8 Å². The number of carbonyl (C=O) groups is 1. The largest absolute Gasteiger partial charge is 0.494 e. The number of hydrogen-bond acceptors (Lipinski definition) is 8. The van der Waals surface area contributed by atoms with Gasteiger partial charge in [-0.25, -0.2) is 4.98 Å². The highest BCUT2D eigenvalue weighted by molar-refractivity contribution is 7.22. The number of anilines is 2. The van der Waals surface area contributed by atoms with E-state index in [1.54, 1.807) is 25.3 Å². The van der Waals surface area contributed by atoms with Crippen LogP contribution in [0.3, 0.4) is 0 Å². The molecule has 1 amide bonds. The van der Waals surface area contributed by atoms with Gasteiger partial charge in [0.05, 0.1) is 22.4 Å². The quantitative estimate of drug-likeness (QED) is 0.505. The predicted molar refractivity (Wildman–Crippen MR) is 108 cm³/mol. The van der Waals surface area contributed by atoms with Crippen molar-refractivity contribution < 1.29 is 13.9 Å². The summed E-state index contributed by atoms with van der Waals surface area (Å²) in [5.74, 6) is 0.645. The minimum atomic E-state index is -0.298. The number of benzene rings is 2. The number of thiazole rings is 1. The van der Waals surface area contributed by atoms with Gasteiger partial charge >= 0.3 is 6.01 Å². The molecule has 2 aromatic heterocycles. The van der Waals surface area contributed by atoms with Crippen molar-refractivity contribution in [2.45, 2.75) is 0 Å². The molecule has 2 N–H and O–H groups in total. The maximum absolute atomic E-state index is 11.9. The van der Waals surface area contributed by atoms with E-state index in [0.29, 0.717) is 27.0 Å². The Morgan fingerprint density at radius 2 is 2.11 bits per heavy atom. The molecule has 4 aromatic rings. The first-order valence-corrected chi connectivity index (χ1v) is 9.34. The number of hydrogen-bond donors (Lipinski definition) is 2. The van der Waals surface area contributed by atoms with Crippen LogP contribution in [0, 0.1) is 0 Å². The second-order valence-corrected chi connectivity index (χ2v) is 7.07. The number of halogens is 1. The molecule has 10 heteroatoms. The average Bonchev–Trinajstić information content (AvgIpc) is 3.34. The summed E-state index contributed by atoms with van der Waals surface area (Å²) in [6.45, 7) is 0. The number of nitrogens with zero attached hydrogens (tertiary/aromatic N) is 3. The summed E-state index contributed by atoms with van der Waals surface area (Å²) < 4.78 is 12.0. The third-order valence-corrected chi connectivity index (χ3v) is 5.19. The zero-order chi connectivity index (χ0) is 19.7. The number of aromatic nitrogens is 3. The summed E-state index contributed by atoms with van der Waals surface area (Å²) in [5, 5.41) is 14.5. The third kappa shape index (κ3) is 3.37. The highest BCUT2D eigenvalue weighted by Gasteiger charge is 2.16. The minimum absolute atomic E-state index is 0.185. The molecule has 2 aromatic carbocycles. The normalized spacial score (nSPS) is 10.8. The van der Waals surface area contributed by atoms with Gasteiger partial charge in [0.2, 0.25) is 5.89 Å². The molecule has 2 heterocycles. The van der Waals surface area contributed by atoms with Gasteiger partial charge in [-0.05, 0) is 30.3 Å². The first-order chi connectivity index (χ1) is 13.6. The molecular weight excluding hydrogens is 402 g/mol. The summed E-state index contributed by atoms with van der Waals surface area (Å²) in [4.78, 5) is 16.4. The van der Waals surface area contributed by atoms with Crippen LogP contribution < -0.4 is 15.4 Å². The van der Waals surface area contributed by atoms with Gasteiger partial charge in [-0.1, -0.05) is 34.1 Å². The molecule has 28 heavy (non-hydrogen) atoms. The first-order valence-electron chi connectivity index (χ1n) is 8.15. The van der Waals surface area contributed by atoms with Crippen molar-refractivity contribution in [1.29, 1.82) is 0 Å². The fraction of sp³-hybridized carbons (Fsp3) is 0.111. The van der Waals surface area contributed by atoms with E-state index in [-0.39, 0.29) is 17.8 Å². The van der Waals surface area contributed by atoms with Crippen LogP contribution in [-0.2, 0) is 0 Å². The van der Waals surface area contributed by atoms with E-state index >= 15 is 0 Å². The van der Waals surface area contributed by atoms with Gasteiger partial charge in [-0.2, -0.15) is 0 Å². The van der Waals surface area contributed by atoms with Crippen LogP contribution in [0.4, 0.5) is 11.1 Å². The maximum atomic E-state index is 11.9. The van der Waals surface area contributed by atoms with Gasteiger partial charge in [0.25, 0.3) is 5.91 Å². The Bertz CT molecular complexity index is 1170. The highest BCUT2D eigenvalue weighted by atomic mass is 35.5. The molecule has 0 atom stereocenters. The molecule has 142 valence electrons. The van der Waals surface area contributed by atoms with E-state index in [9.17, 15) is 4.79 Å². The standard InChI is InChI=1S/C18H14ClN5O3S/c1-20-15(25)10-8-9(6-7-11(10)19)16-23-24-17(27-16)22-18-21-14-12(26-2)4-3-5-13(14)28-18/h3-8H,1-2H3,(H,20,25)(H,21,22,24). The number of nitrogens with one attached hydrogen (secondary N) is 2. The smallest absolute Gasteiger partial charge is 0.322 e. The number of fused-ring (bicyclic) bond motifs is 1. The van der Waals surface area contributed by atoms with E-state index in [1.165, 1.54) is 18.4 Å². The third-order valence-electron chi connectivity index (χ3n) is 3.93. The molecule has 0 spiro atoms. The Labute approximate surface area is 168 Å². The van der Waals surface area contributed by atoms with Gasteiger partial charge in [0.1, 0.15) is 11.3 Å². The Hall–Kier alpha value is -3.17. The van der Waals surface area contributed by atoms with Crippen molar-refractivity contribution >= 4 is 50.2 Å². The van der Waals surface area contributed by atoms with Crippen molar-refractivity contribution in [3.05, 3.63) is 47.0 Å². The molecule has 0 aliphatic rings. The lowest BCUT2D eigenvalue weighted by Gasteiger charge is -2.04. The number of rotatable bonds is 5. The van der Waals surface area contributed by atoms with Gasteiger partial charge in [-0.3, -0.25) is 10.1 Å². The molecule has 0 fully saturated rings. The number of carbonyl (C=O) groups excluding carboxylic acids is 1. The van der Waals surface area contributed by atoms with E-state index in [2.05, 4.69) is 25.8 Å². The number of ether oxygens (including phenoxy) is 1. The maximum Gasteiger partial charge on any atom is 0.322 e. The monoisotopic (exact) mass is 415 g/mol. The van der Waals surface area contributed by atoms with Crippen LogP contribution in [0.5, 0.6) is 5.75 Å². The Morgan fingerprint density at radius 1 is 1.25 bits per heavy atom. The molecule has 0 aliphatic carbocycles. The van der Waals surface area contributed by atoms with Gasteiger partial charge in [0.15, 0.2) is 5.13 Å². The Balaban J connectivity index is 1.61. The predicted octanol–water partition coefficient (Wildman–Crippen LogP) is 4.11. The molecule has 4 rings (SSSR count). The van der Waals surface area contributed by atoms with Gasteiger partial charge < -0.3 is 14.5 Å². The van der Waals surface area contributed by atoms with Crippen molar-refractivity contribution in [2.24, 2.45) is 0 Å². The van der Waals surface area contributed by atoms with Crippen LogP contribution in [0.25, 0.3) is 21.7 Å². The summed E-state index contributed by atoms with van der Waals surface area (Å²) >= 11 is 7.51. The molecule has 0 saturated carbocycles. The highest BCUT2D eigenvalue weighted by Crippen LogP contribution is 2.34. The lowest BCUT2D eigenvalue weighted by atomic mass is 10.1. The van der Waals surface area contributed by atoms with Gasteiger partial charge in [0, 0.05) is 12.6 Å². The van der Waals surface area contributed by atoms with Crippen LogP contribution in [0.1, 0.15) is 10.4 Å². The molecule has 0 unspecified atom stereocenters. The second kappa shape index (κ2) is 7.45. The van der Waals surface area contributed by atoms with Crippen LogP contribution in [0.2, 0.25) is 5.02 Å². The Morgan fingerprint density at radius 3 is 2.89 bits per heavy atom. The average molecular weight is 416 g/mol. The van der Waals surface area contributed by atoms with Crippen molar-refractivity contribution in [3.63, 3.8) is 0 Å². The van der Waals surface area contributed by atoms with Gasteiger partial charge in [-0.15, -0.1) is 5.10 Å². The summed E-state index contributed by atoms with van der Waals surface area (Å²) in [5.41, 5.74) is 1.66. The zero-order valence-corrected chi connectivity index (χ0v) is 16.4. The van der Waals surface area contributed by atoms with E-state index in [0.717, 1.165) is 10.2 Å². The number of methoxy groups -OCH3 is 1. The zero-order valence-electron chi connectivity index (χ0n) is 14.8. The van der Waals surface area contributed by atoms with Crippen LogP contribution in [-0.4, -0.2) is 35.2 Å². The van der Waals surface area contributed by atoms with E-state index < -0.39 is 0 Å². The number of amides is 1. The Kier molecular flexibility index (Phi) is 4.84. The summed E-state index contributed by atoms with van der Waals surface area (Å²) in [6.07, 6.45) is 0. The molecule has 0 bridgehead atoms. The lowest BCUT2D eigenvalue weighted by molar-refractivity contribution is 0.0963. The fourth-order valence-corrected chi connectivity index (χ4v) is 3.67. The lowest BCUT2D eigenvalue weighted by Crippen LogP contribution is -2.18.